The second kappa shape index (κ2) is 11.6. The highest BCUT2D eigenvalue weighted by molar-refractivity contribution is 14.0. The maximum absolute atomic E-state index is 5.51. The number of hydrogen-bond donors (Lipinski definition) is 2. The number of benzene rings is 1. The SMILES string of the molecule is CCc1nc(CCNC(=NC)NC2CCN(c3ccccc3OC)C2)sc1C.I. The van der Waals surface area contributed by atoms with E-state index in [1.54, 1.807) is 18.4 Å². The normalized spacial score (nSPS) is 16.5. The first kappa shape index (κ1) is 23.7. The average molecular weight is 529 g/mol. The summed E-state index contributed by atoms with van der Waals surface area (Å²) in [7, 11) is 3.55. The van der Waals surface area contributed by atoms with Crippen LogP contribution < -0.4 is 20.3 Å². The zero-order valence-electron chi connectivity index (χ0n) is 17.7. The van der Waals surface area contributed by atoms with E-state index in [2.05, 4.69) is 46.5 Å². The molecule has 3 rings (SSSR count). The summed E-state index contributed by atoms with van der Waals surface area (Å²) in [5, 5.41) is 8.18. The molecule has 0 amide bonds. The number of methoxy groups -OCH3 is 1. The number of rotatable bonds is 7. The van der Waals surface area contributed by atoms with Crippen LogP contribution in [0.4, 0.5) is 5.69 Å². The van der Waals surface area contributed by atoms with Crippen molar-refractivity contribution >= 4 is 47.0 Å². The molecular weight excluding hydrogens is 497 g/mol. The highest BCUT2D eigenvalue weighted by atomic mass is 127. The molecule has 0 spiro atoms. The lowest BCUT2D eigenvalue weighted by molar-refractivity contribution is 0.415. The minimum Gasteiger partial charge on any atom is -0.495 e. The van der Waals surface area contributed by atoms with Crippen LogP contribution in [-0.2, 0) is 12.8 Å². The first-order chi connectivity index (χ1) is 13.6. The fourth-order valence-corrected chi connectivity index (χ4v) is 4.61. The first-order valence-corrected chi connectivity index (χ1v) is 10.8. The van der Waals surface area contributed by atoms with E-state index in [9.17, 15) is 0 Å². The number of hydrogen-bond acceptors (Lipinski definition) is 5. The lowest BCUT2D eigenvalue weighted by Crippen LogP contribution is -2.45. The highest BCUT2D eigenvalue weighted by Crippen LogP contribution is 2.30. The molecule has 0 bridgehead atoms. The van der Waals surface area contributed by atoms with Gasteiger partial charge in [-0.2, -0.15) is 0 Å². The summed E-state index contributed by atoms with van der Waals surface area (Å²) in [6, 6.07) is 8.57. The number of ether oxygens (including phenoxy) is 1. The predicted molar refractivity (Wildman–Crippen MR) is 133 cm³/mol. The number of aliphatic imine (C=N–C) groups is 1. The zero-order valence-corrected chi connectivity index (χ0v) is 20.8. The summed E-state index contributed by atoms with van der Waals surface area (Å²) in [4.78, 5) is 12.8. The number of thiazole rings is 1. The third-order valence-electron chi connectivity index (χ3n) is 5.08. The van der Waals surface area contributed by atoms with Crippen molar-refractivity contribution in [3.63, 3.8) is 0 Å². The largest absolute Gasteiger partial charge is 0.495 e. The summed E-state index contributed by atoms with van der Waals surface area (Å²) >= 11 is 1.80. The van der Waals surface area contributed by atoms with Crippen molar-refractivity contribution in [2.75, 3.05) is 38.7 Å². The van der Waals surface area contributed by atoms with Crippen LogP contribution in [0.1, 0.15) is 28.9 Å². The molecule has 1 aromatic heterocycles. The number of anilines is 1. The van der Waals surface area contributed by atoms with Gasteiger partial charge in [-0.25, -0.2) is 4.98 Å². The van der Waals surface area contributed by atoms with E-state index >= 15 is 0 Å². The molecule has 1 aromatic carbocycles. The van der Waals surface area contributed by atoms with Crippen molar-refractivity contribution in [3.8, 4) is 5.75 Å². The first-order valence-electron chi connectivity index (χ1n) is 9.95. The maximum Gasteiger partial charge on any atom is 0.191 e. The van der Waals surface area contributed by atoms with Crippen LogP contribution in [0.5, 0.6) is 5.75 Å². The van der Waals surface area contributed by atoms with E-state index in [-0.39, 0.29) is 24.0 Å². The molecule has 2 heterocycles. The lowest BCUT2D eigenvalue weighted by atomic mass is 10.2. The number of nitrogens with zero attached hydrogens (tertiary/aromatic N) is 3. The van der Waals surface area contributed by atoms with E-state index in [4.69, 9.17) is 9.72 Å². The maximum atomic E-state index is 5.51. The number of guanidine groups is 1. The van der Waals surface area contributed by atoms with E-state index in [1.807, 2.05) is 19.2 Å². The van der Waals surface area contributed by atoms with Gasteiger partial charge in [-0.1, -0.05) is 19.1 Å². The van der Waals surface area contributed by atoms with E-state index in [0.717, 1.165) is 56.3 Å². The summed E-state index contributed by atoms with van der Waals surface area (Å²) in [5.74, 6) is 1.78. The Morgan fingerprint density at radius 3 is 2.86 bits per heavy atom. The zero-order chi connectivity index (χ0) is 19.9. The molecule has 160 valence electrons. The molecule has 1 atom stereocenters. The van der Waals surface area contributed by atoms with Gasteiger partial charge >= 0.3 is 0 Å². The topological polar surface area (TPSA) is 61.8 Å². The van der Waals surface area contributed by atoms with Crippen molar-refractivity contribution < 1.29 is 4.74 Å². The third kappa shape index (κ3) is 6.21. The Balaban J connectivity index is 0.00000300. The van der Waals surface area contributed by atoms with Gasteiger partial charge in [0, 0.05) is 44.0 Å². The Labute approximate surface area is 195 Å². The Bertz CT molecular complexity index is 810. The van der Waals surface area contributed by atoms with Crippen LogP contribution in [0.15, 0.2) is 29.3 Å². The van der Waals surface area contributed by atoms with E-state index < -0.39 is 0 Å². The molecule has 1 unspecified atom stereocenters. The van der Waals surface area contributed by atoms with Crippen LogP contribution in [0.3, 0.4) is 0 Å². The van der Waals surface area contributed by atoms with Gasteiger partial charge in [0.1, 0.15) is 5.75 Å². The van der Waals surface area contributed by atoms with Gasteiger partial charge in [-0.05, 0) is 31.9 Å². The fourth-order valence-electron chi connectivity index (χ4n) is 3.59. The molecule has 2 N–H and O–H groups in total. The molecule has 29 heavy (non-hydrogen) atoms. The molecule has 0 aliphatic carbocycles. The number of nitrogens with one attached hydrogen (secondary N) is 2. The molecule has 1 fully saturated rings. The molecule has 1 aliphatic heterocycles. The molecule has 2 aromatic rings. The Hall–Kier alpha value is -1.55. The van der Waals surface area contributed by atoms with Crippen LogP contribution >= 0.6 is 35.3 Å². The minimum atomic E-state index is 0. The van der Waals surface area contributed by atoms with Crippen molar-refractivity contribution in [2.24, 2.45) is 4.99 Å². The Morgan fingerprint density at radius 1 is 1.38 bits per heavy atom. The third-order valence-corrected chi connectivity index (χ3v) is 6.15. The van der Waals surface area contributed by atoms with Crippen LogP contribution in [-0.4, -0.2) is 50.8 Å². The number of halogens is 1. The average Bonchev–Trinajstić information content (AvgIpc) is 3.33. The fraction of sp³-hybridized carbons (Fsp3) is 0.524. The van der Waals surface area contributed by atoms with Gasteiger partial charge in [0.15, 0.2) is 5.96 Å². The van der Waals surface area contributed by atoms with Crippen LogP contribution in [0.25, 0.3) is 0 Å². The van der Waals surface area contributed by atoms with Gasteiger partial charge in [-0.3, -0.25) is 4.99 Å². The van der Waals surface area contributed by atoms with E-state index in [0.29, 0.717) is 6.04 Å². The molecule has 0 saturated carbocycles. The predicted octanol–water partition coefficient (Wildman–Crippen LogP) is 3.63. The van der Waals surface area contributed by atoms with Gasteiger partial charge in [-0.15, -0.1) is 35.3 Å². The van der Waals surface area contributed by atoms with Gasteiger partial charge in [0.25, 0.3) is 0 Å². The molecule has 1 saturated heterocycles. The molecular formula is C21H32IN5OS. The van der Waals surface area contributed by atoms with Crippen molar-refractivity contribution in [2.45, 2.75) is 39.2 Å². The highest BCUT2D eigenvalue weighted by Gasteiger charge is 2.25. The van der Waals surface area contributed by atoms with Gasteiger partial charge < -0.3 is 20.3 Å². The number of para-hydroxylation sites is 2. The van der Waals surface area contributed by atoms with Crippen molar-refractivity contribution in [1.29, 1.82) is 0 Å². The van der Waals surface area contributed by atoms with E-state index in [1.165, 1.54) is 15.6 Å². The summed E-state index contributed by atoms with van der Waals surface area (Å²) in [6.45, 7) is 7.09. The number of aromatic nitrogens is 1. The molecule has 0 radical (unpaired) electrons. The van der Waals surface area contributed by atoms with Crippen LogP contribution in [0, 0.1) is 6.92 Å². The summed E-state index contributed by atoms with van der Waals surface area (Å²) in [5.41, 5.74) is 2.38. The quantitative estimate of drug-likeness (QED) is 0.326. The number of aryl methyl sites for hydroxylation is 2. The second-order valence-electron chi connectivity index (χ2n) is 6.96. The van der Waals surface area contributed by atoms with Crippen molar-refractivity contribution in [3.05, 3.63) is 39.8 Å². The monoisotopic (exact) mass is 529 g/mol. The summed E-state index contributed by atoms with van der Waals surface area (Å²) < 4.78 is 5.51. The van der Waals surface area contributed by atoms with Crippen molar-refractivity contribution in [1.82, 2.24) is 15.6 Å². The van der Waals surface area contributed by atoms with Gasteiger partial charge in [0.2, 0.25) is 0 Å². The van der Waals surface area contributed by atoms with Crippen LogP contribution in [0.2, 0.25) is 0 Å². The molecule has 8 heteroatoms. The minimum absolute atomic E-state index is 0. The Morgan fingerprint density at radius 2 is 2.17 bits per heavy atom. The molecule has 1 aliphatic rings. The smallest absolute Gasteiger partial charge is 0.191 e. The molecule has 6 nitrogen and oxygen atoms in total. The van der Waals surface area contributed by atoms with Gasteiger partial charge in [0.05, 0.1) is 23.5 Å². The Kier molecular flexibility index (Phi) is 9.48. The standard InChI is InChI=1S/C21H31N5OS.HI/c1-5-17-15(2)28-20(25-17)10-12-23-21(22-3)24-16-11-13-26(14-16)18-8-6-7-9-19(18)27-4;/h6-9,16H,5,10-14H2,1-4H3,(H2,22,23,24);1H. The second-order valence-corrected chi connectivity index (χ2v) is 8.25. The summed E-state index contributed by atoms with van der Waals surface area (Å²) in [6.07, 6.45) is 3.00. The lowest BCUT2D eigenvalue weighted by Gasteiger charge is -2.22.